The minimum atomic E-state index is -0.174. The van der Waals surface area contributed by atoms with Crippen LogP contribution in [0.2, 0.25) is 0 Å². The van der Waals surface area contributed by atoms with Crippen molar-refractivity contribution in [3.8, 4) is 10.7 Å². The van der Waals surface area contributed by atoms with Gasteiger partial charge in [-0.25, -0.2) is 0 Å². The van der Waals surface area contributed by atoms with Gasteiger partial charge in [-0.15, -0.1) is 11.3 Å². The summed E-state index contributed by atoms with van der Waals surface area (Å²) in [6.45, 7) is 0. The first-order valence-corrected chi connectivity index (χ1v) is 8.05. The highest BCUT2D eigenvalue weighted by atomic mass is 79.9. The van der Waals surface area contributed by atoms with Gasteiger partial charge in [-0.05, 0) is 46.5 Å². The molecule has 0 aromatic carbocycles. The first-order chi connectivity index (χ1) is 8.20. The van der Waals surface area contributed by atoms with Crippen LogP contribution in [-0.2, 0) is 0 Å². The highest BCUT2D eigenvalue weighted by Crippen LogP contribution is 2.30. The topological polar surface area (TPSA) is 64.9 Å². The molecule has 7 heteroatoms. The van der Waals surface area contributed by atoms with Gasteiger partial charge in [-0.1, -0.05) is 5.16 Å². The summed E-state index contributed by atoms with van der Waals surface area (Å²) in [5.74, 6) is 2.11. The molecule has 0 saturated heterocycles. The van der Waals surface area contributed by atoms with Gasteiger partial charge in [0, 0.05) is 0 Å². The molecule has 2 aromatic heterocycles. The van der Waals surface area contributed by atoms with Crippen LogP contribution >= 0.6 is 39.0 Å². The fraction of sp³-hybridized carbons (Fsp3) is 0.400. The predicted molar refractivity (Wildman–Crippen MR) is 75.2 cm³/mol. The van der Waals surface area contributed by atoms with E-state index in [2.05, 4.69) is 32.3 Å². The van der Waals surface area contributed by atoms with Gasteiger partial charge in [0.2, 0.25) is 11.7 Å². The number of halogens is 1. The minimum Gasteiger partial charge on any atom is -0.337 e. The molecule has 0 aliphatic heterocycles. The van der Waals surface area contributed by atoms with Crippen molar-refractivity contribution in [3.05, 3.63) is 21.8 Å². The van der Waals surface area contributed by atoms with E-state index in [0.29, 0.717) is 11.7 Å². The van der Waals surface area contributed by atoms with Crippen LogP contribution < -0.4 is 5.73 Å². The lowest BCUT2D eigenvalue weighted by Gasteiger charge is -2.03. The molecule has 2 rings (SSSR count). The Morgan fingerprint density at radius 1 is 1.59 bits per heavy atom. The van der Waals surface area contributed by atoms with E-state index < -0.39 is 0 Å². The molecule has 0 bridgehead atoms. The summed E-state index contributed by atoms with van der Waals surface area (Å²) >= 11 is 6.73. The van der Waals surface area contributed by atoms with Crippen LogP contribution in [0.5, 0.6) is 0 Å². The van der Waals surface area contributed by atoms with Crippen molar-refractivity contribution < 1.29 is 4.52 Å². The second-order valence-corrected chi connectivity index (χ2v) is 6.90. The summed E-state index contributed by atoms with van der Waals surface area (Å²) in [5, 5.41) is 3.95. The molecule has 2 aromatic rings. The van der Waals surface area contributed by atoms with Gasteiger partial charge in [-0.3, -0.25) is 0 Å². The van der Waals surface area contributed by atoms with Crippen molar-refractivity contribution in [1.82, 2.24) is 10.1 Å². The van der Waals surface area contributed by atoms with Crippen molar-refractivity contribution in [3.63, 3.8) is 0 Å². The molecule has 0 amide bonds. The standard InChI is InChI=1S/C10H12BrN3OS2/c1-16-5-4-6(12)10-13-9(14-15-10)7-2-3-8(11)17-7/h2-3,6H,4-5,12H2,1H3/t6-/m0/s1. The fourth-order valence-electron chi connectivity index (χ4n) is 1.29. The quantitative estimate of drug-likeness (QED) is 0.909. The van der Waals surface area contributed by atoms with Crippen molar-refractivity contribution in [1.29, 1.82) is 0 Å². The molecule has 0 radical (unpaired) electrons. The fourth-order valence-corrected chi connectivity index (χ4v) is 3.09. The van der Waals surface area contributed by atoms with Crippen LogP contribution in [-0.4, -0.2) is 22.1 Å². The smallest absolute Gasteiger partial charge is 0.243 e. The number of aromatic nitrogens is 2. The number of nitrogens with zero attached hydrogens (tertiary/aromatic N) is 2. The van der Waals surface area contributed by atoms with Crippen molar-refractivity contribution in [2.45, 2.75) is 12.5 Å². The Bertz CT molecular complexity index is 485. The van der Waals surface area contributed by atoms with Gasteiger partial charge < -0.3 is 10.3 Å². The Morgan fingerprint density at radius 3 is 3.06 bits per heavy atom. The molecule has 0 fully saturated rings. The zero-order valence-corrected chi connectivity index (χ0v) is 12.4. The first kappa shape index (κ1) is 13.1. The Hall–Kier alpha value is -0.370. The molecule has 2 heterocycles. The maximum atomic E-state index is 5.96. The van der Waals surface area contributed by atoms with Gasteiger partial charge in [0.15, 0.2) is 0 Å². The van der Waals surface area contributed by atoms with Crippen LogP contribution in [0, 0.1) is 0 Å². The van der Waals surface area contributed by atoms with Crippen molar-refractivity contribution >= 4 is 39.0 Å². The molecular weight excluding hydrogens is 322 g/mol. The normalized spacial score (nSPS) is 12.9. The summed E-state index contributed by atoms with van der Waals surface area (Å²) in [5.41, 5.74) is 5.96. The molecule has 1 atom stereocenters. The number of thioether (sulfide) groups is 1. The summed E-state index contributed by atoms with van der Waals surface area (Å²) in [6, 6.07) is 3.74. The lowest BCUT2D eigenvalue weighted by molar-refractivity contribution is 0.353. The largest absolute Gasteiger partial charge is 0.337 e. The molecule has 17 heavy (non-hydrogen) atoms. The van der Waals surface area contributed by atoms with Crippen LogP contribution in [0.3, 0.4) is 0 Å². The SMILES string of the molecule is CSCC[C@H](N)c1nc(-c2ccc(Br)s2)no1. The van der Waals surface area contributed by atoms with Gasteiger partial charge in [0.25, 0.3) is 0 Å². The Labute approximate surface area is 116 Å². The lowest BCUT2D eigenvalue weighted by Crippen LogP contribution is -2.11. The number of hydrogen-bond acceptors (Lipinski definition) is 6. The van der Waals surface area contributed by atoms with E-state index in [1.165, 1.54) is 0 Å². The van der Waals surface area contributed by atoms with E-state index in [1.54, 1.807) is 23.1 Å². The van der Waals surface area contributed by atoms with E-state index in [0.717, 1.165) is 20.8 Å². The average Bonchev–Trinajstić information content (AvgIpc) is 2.93. The van der Waals surface area contributed by atoms with E-state index in [-0.39, 0.29) is 6.04 Å². The third-order valence-corrected chi connectivity index (χ3v) is 4.45. The highest BCUT2D eigenvalue weighted by Gasteiger charge is 2.16. The predicted octanol–water partition coefficient (Wildman–Crippen LogP) is 3.31. The number of hydrogen-bond donors (Lipinski definition) is 1. The highest BCUT2D eigenvalue weighted by molar-refractivity contribution is 9.11. The third kappa shape index (κ3) is 3.31. The molecule has 92 valence electrons. The molecule has 0 unspecified atom stereocenters. The van der Waals surface area contributed by atoms with E-state index >= 15 is 0 Å². The second-order valence-electron chi connectivity index (χ2n) is 3.45. The molecular formula is C10H12BrN3OS2. The monoisotopic (exact) mass is 333 g/mol. The Morgan fingerprint density at radius 2 is 2.41 bits per heavy atom. The number of rotatable bonds is 5. The van der Waals surface area contributed by atoms with Crippen LogP contribution in [0.4, 0.5) is 0 Å². The molecule has 0 spiro atoms. The summed E-state index contributed by atoms with van der Waals surface area (Å²) in [4.78, 5) is 5.30. The molecule has 4 nitrogen and oxygen atoms in total. The van der Waals surface area contributed by atoms with Crippen LogP contribution in [0.1, 0.15) is 18.4 Å². The van der Waals surface area contributed by atoms with Crippen LogP contribution in [0.25, 0.3) is 10.7 Å². The number of nitrogens with two attached hydrogens (primary N) is 1. The van der Waals surface area contributed by atoms with Gasteiger partial charge >= 0.3 is 0 Å². The van der Waals surface area contributed by atoms with Crippen molar-refractivity contribution in [2.75, 3.05) is 12.0 Å². The Balaban J connectivity index is 2.10. The maximum absolute atomic E-state index is 5.96. The first-order valence-electron chi connectivity index (χ1n) is 5.04. The number of thiophene rings is 1. The van der Waals surface area contributed by atoms with E-state index in [1.807, 2.05) is 12.1 Å². The van der Waals surface area contributed by atoms with Crippen LogP contribution in [0.15, 0.2) is 20.4 Å². The summed E-state index contributed by atoms with van der Waals surface area (Å²) in [7, 11) is 0. The molecule has 0 aliphatic rings. The second kappa shape index (κ2) is 5.99. The summed E-state index contributed by atoms with van der Waals surface area (Å²) in [6.07, 6.45) is 2.89. The van der Waals surface area contributed by atoms with E-state index in [9.17, 15) is 0 Å². The van der Waals surface area contributed by atoms with Gasteiger partial charge in [-0.2, -0.15) is 16.7 Å². The molecule has 2 N–H and O–H groups in total. The molecule has 0 saturated carbocycles. The maximum Gasteiger partial charge on any atom is 0.243 e. The zero-order chi connectivity index (χ0) is 12.3. The van der Waals surface area contributed by atoms with E-state index in [4.69, 9.17) is 10.3 Å². The minimum absolute atomic E-state index is 0.174. The van der Waals surface area contributed by atoms with Crippen molar-refractivity contribution in [2.24, 2.45) is 5.73 Å². The van der Waals surface area contributed by atoms with Gasteiger partial charge in [0.1, 0.15) is 0 Å². The average molecular weight is 334 g/mol. The van der Waals surface area contributed by atoms with Gasteiger partial charge in [0.05, 0.1) is 14.7 Å². The third-order valence-electron chi connectivity index (χ3n) is 2.19. The molecule has 0 aliphatic carbocycles. The zero-order valence-electron chi connectivity index (χ0n) is 9.22. The lowest BCUT2D eigenvalue weighted by atomic mass is 10.2. The summed E-state index contributed by atoms with van der Waals surface area (Å²) < 4.78 is 6.23. The Kier molecular flexibility index (Phi) is 4.61.